The number of amides is 3. The highest BCUT2D eigenvalue weighted by Crippen LogP contribution is 2.38. The third-order valence-electron chi connectivity index (χ3n) is 17.1. The third kappa shape index (κ3) is 15.1. The Kier molecular flexibility index (Phi) is 19.6. The number of piperazine rings is 3. The van der Waals surface area contributed by atoms with E-state index in [0.717, 1.165) is 51.6 Å². The van der Waals surface area contributed by atoms with Crippen LogP contribution in [0, 0.1) is 6.92 Å². The Bertz CT molecular complexity index is 4870. The van der Waals surface area contributed by atoms with Gasteiger partial charge in [-0.25, -0.2) is 43.9 Å². The second-order valence-corrected chi connectivity index (χ2v) is 24.5. The summed E-state index contributed by atoms with van der Waals surface area (Å²) < 4.78 is 86.3. The SMILES string of the molecule is Cc1cc(N2CCN(C(=O)Cn3nc(-c4ncc[nH]4)c4cccnc43)CC2)ccc1Cl.O=C(Cn1nc(-c2ncc[nH]2)c2cccnc21)N1CCN(c2ccc(Cl)c(C(F)(F)F)c2)CC1.O=C(Cn1nc(-c2ncc[nH]2)c2cccnc21)N1CCN(c2ccc(Cl)c(OC(F)(F)F)c2)CC1. The maximum atomic E-state index is 13.2. The molecule has 100 heavy (non-hydrogen) atoms. The average molecular weight is 1430 g/mol. The molecule has 0 aliphatic carbocycles. The van der Waals surface area contributed by atoms with Crippen molar-refractivity contribution in [3.63, 3.8) is 0 Å². The number of aromatic nitrogens is 15. The van der Waals surface area contributed by atoms with Gasteiger partial charge in [0.1, 0.15) is 42.5 Å². The topological polar surface area (TPSA) is 258 Å². The van der Waals surface area contributed by atoms with Crippen LogP contribution in [0.25, 0.3) is 67.7 Å². The van der Waals surface area contributed by atoms with Crippen molar-refractivity contribution in [3.8, 4) is 40.3 Å². The van der Waals surface area contributed by atoms with Crippen LogP contribution in [0.3, 0.4) is 0 Å². The molecule has 0 saturated carbocycles. The Balaban J connectivity index is 0.000000135. The molecule has 3 N–H and O–H groups in total. The third-order valence-corrected chi connectivity index (χ3v) is 18.1. The van der Waals surface area contributed by atoms with E-state index in [4.69, 9.17) is 34.8 Å². The zero-order chi connectivity index (χ0) is 69.8. The number of aryl methyl sites for hydroxylation is 1. The van der Waals surface area contributed by atoms with Gasteiger partial charge in [0.2, 0.25) is 17.7 Å². The van der Waals surface area contributed by atoms with E-state index in [2.05, 4.69) is 75.9 Å². The fraction of sp³-hybridized carbons (Fsp3) is 0.273. The lowest BCUT2D eigenvalue weighted by molar-refractivity contribution is -0.274. The van der Waals surface area contributed by atoms with Gasteiger partial charge in [-0.05, 0) is 97.4 Å². The number of nitrogens with one attached hydrogen (secondary N) is 3. The predicted octanol–water partition coefficient (Wildman–Crippen LogP) is 10.7. The highest BCUT2D eigenvalue weighted by Gasteiger charge is 2.36. The van der Waals surface area contributed by atoms with Crippen molar-refractivity contribution in [2.24, 2.45) is 0 Å². The molecule has 12 aromatic rings. The minimum Gasteiger partial charge on any atom is -0.404 e. The Morgan fingerprint density at radius 2 is 0.790 bits per heavy atom. The lowest BCUT2D eigenvalue weighted by Gasteiger charge is -2.36. The number of hydrogen-bond acceptors (Lipinski definition) is 16. The first kappa shape index (κ1) is 67.8. The minimum absolute atomic E-state index is 0.00125. The summed E-state index contributed by atoms with van der Waals surface area (Å²) in [6, 6.07) is 25.3. The van der Waals surface area contributed by atoms with Crippen LogP contribution in [0.1, 0.15) is 11.1 Å². The van der Waals surface area contributed by atoms with E-state index in [1.54, 1.807) is 104 Å². The first-order chi connectivity index (χ1) is 48.2. The van der Waals surface area contributed by atoms with E-state index in [-0.39, 0.29) is 47.4 Å². The monoisotopic (exact) mass is 1430 g/mol. The van der Waals surface area contributed by atoms with Crippen molar-refractivity contribution in [1.82, 2.24) is 88.9 Å². The molecular formula is C66H60Cl3F6N21O4. The minimum atomic E-state index is -4.84. The summed E-state index contributed by atoms with van der Waals surface area (Å²) in [6.45, 7) is 8.26. The number of carbonyl (C=O) groups excluding carboxylic acids is 3. The van der Waals surface area contributed by atoms with Gasteiger partial charge in [-0.15, -0.1) is 13.2 Å². The maximum absolute atomic E-state index is 13.2. The van der Waals surface area contributed by atoms with Gasteiger partial charge in [-0.1, -0.05) is 34.8 Å². The van der Waals surface area contributed by atoms with Gasteiger partial charge in [-0.2, -0.15) is 28.5 Å². The van der Waals surface area contributed by atoms with Crippen molar-refractivity contribution in [1.29, 1.82) is 0 Å². The molecule has 3 saturated heterocycles. The van der Waals surface area contributed by atoms with Crippen molar-refractivity contribution in [3.05, 3.63) is 173 Å². The number of carbonyl (C=O) groups is 3. The standard InChI is InChI=1S/C22H19ClF3N7O2.C22H19ClF3N7O.C22H22ClN7O/c23-16-4-3-14(12-17(16)35-22(24,25)26)31-8-10-32(11-9-31)18(34)13-33-21-15(2-1-5-29-21)19(30-33)20-27-6-7-28-20;23-17-4-3-14(12-16(17)22(24,25)26)31-8-10-32(11-9-31)18(34)13-33-21-15(2-1-5-29-21)19(30-33)20-27-6-7-28-20;1-15-13-16(4-5-18(15)23)28-9-11-29(12-10-28)19(31)14-30-22-17(3-2-6-26-22)20(27-30)21-24-7-8-25-21/h1-7,12H,8-11,13H2,(H,27,28);1-7,12H,8-11,13H2,(H,27,28);2-8,13H,9-12,14H2,1H3,(H,24,25). The number of aromatic amines is 3. The Labute approximate surface area is 579 Å². The highest BCUT2D eigenvalue weighted by molar-refractivity contribution is 6.32. The Hall–Kier alpha value is -10.8. The summed E-state index contributed by atoms with van der Waals surface area (Å²) in [4.78, 5) is 85.4. The molecule has 15 rings (SSSR count). The number of pyridine rings is 3. The van der Waals surface area contributed by atoms with E-state index in [1.165, 1.54) is 18.2 Å². The molecule has 9 aromatic heterocycles. The molecule has 3 aromatic carbocycles. The number of fused-ring (bicyclic) bond motifs is 3. The van der Waals surface area contributed by atoms with Gasteiger partial charge in [-0.3, -0.25) is 14.4 Å². The highest BCUT2D eigenvalue weighted by atomic mass is 35.5. The van der Waals surface area contributed by atoms with Crippen LogP contribution in [-0.4, -0.2) is 192 Å². The molecule has 3 aliphatic rings. The molecule has 12 heterocycles. The molecule has 25 nitrogen and oxygen atoms in total. The van der Waals surface area contributed by atoms with Crippen LogP contribution < -0.4 is 19.4 Å². The molecule has 0 unspecified atom stereocenters. The molecule has 0 radical (unpaired) electrons. The van der Waals surface area contributed by atoms with E-state index in [1.807, 2.05) is 58.0 Å². The summed E-state index contributed by atoms with van der Waals surface area (Å²) in [7, 11) is 0. The maximum Gasteiger partial charge on any atom is 0.573 e. The number of benzene rings is 3. The second-order valence-electron chi connectivity index (χ2n) is 23.3. The van der Waals surface area contributed by atoms with Crippen molar-refractivity contribution in [2.75, 3.05) is 93.2 Å². The number of alkyl halides is 6. The number of anilines is 3. The molecule has 0 bridgehead atoms. The smallest absolute Gasteiger partial charge is 0.404 e. The lowest BCUT2D eigenvalue weighted by Crippen LogP contribution is -2.49. The molecule has 3 amide bonds. The van der Waals surface area contributed by atoms with Gasteiger partial charge >= 0.3 is 12.5 Å². The van der Waals surface area contributed by atoms with Crippen LogP contribution in [0.4, 0.5) is 43.4 Å². The van der Waals surface area contributed by atoms with Crippen molar-refractivity contribution < 1.29 is 45.5 Å². The number of imidazole rings is 3. The van der Waals surface area contributed by atoms with Gasteiger partial charge in [0.25, 0.3) is 0 Å². The number of nitrogens with zero attached hydrogens (tertiary/aromatic N) is 18. The summed E-state index contributed by atoms with van der Waals surface area (Å²) in [5.41, 5.74) is 6.02. The fourth-order valence-electron chi connectivity index (χ4n) is 12.0. The number of ether oxygens (including phenoxy) is 1. The van der Waals surface area contributed by atoms with Gasteiger partial charge in [0.15, 0.2) is 34.4 Å². The first-order valence-corrected chi connectivity index (χ1v) is 32.5. The number of hydrogen-bond donors (Lipinski definition) is 3. The first-order valence-electron chi connectivity index (χ1n) is 31.4. The van der Waals surface area contributed by atoms with Crippen LogP contribution >= 0.6 is 34.8 Å². The number of halogens is 9. The molecule has 3 fully saturated rings. The largest absolute Gasteiger partial charge is 0.573 e. The van der Waals surface area contributed by atoms with E-state index >= 15 is 0 Å². The number of H-pyrrole nitrogens is 3. The summed E-state index contributed by atoms with van der Waals surface area (Å²) in [6.07, 6.45) is 5.70. The molecule has 0 spiro atoms. The van der Waals surface area contributed by atoms with Gasteiger partial charge in [0.05, 0.1) is 31.8 Å². The van der Waals surface area contributed by atoms with Crippen LogP contribution in [0.15, 0.2) is 147 Å². The molecule has 0 atom stereocenters. The van der Waals surface area contributed by atoms with E-state index in [9.17, 15) is 40.7 Å². The lowest BCUT2D eigenvalue weighted by atomic mass is 10.1. The Morgan fingerprint density at radius 1 is 0.440 bits per heavy atom. The fourth-order valence-corrected chi connectivity index (χ4v) is 12.5. The summed E-state index contributed by atoms with van der Waals surface area (Å²) in [5, 5.41) is 16.5. The zero-order valence-electron chi connectivity index (χ0n) is 53.0. The van der Waals surface area contributed by atoms with E-state index < -0.39 is 23.9 Å². The predicted molar refractivity (Wildman–Crippen MR) is 362 cm³/mol. The van der Waals surface area contributed by atoms with Gasteiger partial charge in [0, 0.05) is 162 Å². The summed E-state index contributed by atoms with van der Waals surface area (Å²) in [5.74, 6) is 1.12. The van der Waals surface area contributed by atoms with Crippen molar-refractivity contribution in [2.45, 2.75) is 39.1 Å². The quantitative estimate of drug-likeness (QED) is 0.0907. The van der Waals surface area contributed by atoms with E-state index in [0.29, 0.717) is 128 Å². The zero-order valence-corrected chi connectivity index (χ0v) is 55.3. The molecule has 516 valence electrons. The van der Waals surface area contributed by atoms with Crippen molar-refractivity contribution >= 4 is 103 Å². The van der Waals surface area contributed by atoms with Crippen LogP contribution in [0.5, 0.6) is 5.75 Å². The van der Waals surface area contributed by atoms with Crippen LogP contribution in [-0.2, 0) is 40.2 Å². The number of rotatable bonds is 13. The molecule has 3 aliphatic heterocycles. The van der Waals surface area contributed by atoms with Crippen LogP contribution in [0.2, 0.25) is 15.1 Å². The second kappa shape index (κ2) is 29.0. The Morgan fingerprint density at radius 3 is 1.13 bits per heavy atom. The molecular weight excluding hydrogens is 1370 g/mol. The normalized spacial score (nSPS) is 14.5. The molecule has 34 heteroatoms. The average Bonchev–Trinajstić information content (AvgIpc) is 1.63. The van der Waals surface area contributed by atoms with Gasteiger partial charge < -0.3 is 49.1 Å². The summed E-state index contributed by atoms with van der Waals surface area (Å²) >= 11 is 17.7.